The van der Waals surface area contributed by atoms with Gasteiger partial charge in [0.2, 0.25) is 0 Å². The van der Waals surface area contributed by atoms with E-state index < -0.39 is 41.7 Å². The molecule has 1 aromatic heterocycles. The van der Waals surface area contributed by atoms with Crippen LogP contribution in [0.5, 0.6) is 0 Å². The number of aromatic nitrogens is 1. The molecule has 0 saturated carbocycles. The van der Waals surface area contributed by atoms with Gasteiger partial charge in [0.1, 0.15) is 0 Å². The van der Waals surface area contributed by atoms with E-state index >= 15 is 0 Å². The normalized spacial score (nSPS) is 14.1. The monoisotopic (exact) mass is 234 g/mol. The van der Waals surface area contributed by atoms with Crippen molar-refractivity contribution in [2.24, 2.45) is 0 Å². The lowest BCUT2D eigenvalue weighted by atomic mass is 10.2. The van der Waals surface area contributed by atoms with Crippen LogP contribution in [-0.2, 0) is 4.74 Å². The van der Waals surface area contributed by atoms with E-state index in [1.165, 1.54) is 13.2 Å². The number of esters is 1. The van der Waals surface area contributed by atoms with Crippen LogP contribution < -0.4 is 5.56 Å². The molecule has 0 spiro atoms. The number of carbonyl (C=O) groups is 1. The molecule has 0 aliphatic rings. The highest BCUT2D eigenvalue weighted by Crippen LogP contribution is 2.06. The summed E-state index contributed by atoms with van der Waals surface area (Å²) in [5, 5.41) is 0. The number of ether oxygens (including phenoxy) is 1. The lowest BCUT2D eigenvalue weighted by Gasteiger charge is -2.06. The summed E-state index contributed by atoms with van der Waals surface area (Å²) < 4.78 is 43.8. The molecule has 2 rings (SSSR count). The minimum Gasteiger partial charge on any atom is -0.465 e. The molecule has 0 aliphatic heterocycles. The molecule has 0 amide bonds. The molecule has 86 valence electrons. The Hall–Kier alpha value is -2.36. The van der Waals surface area contributed by atoms with E-state index in [2.05, 4.69) is 4.74 Å². The zero-order chi connectivity index (χ0) is 16.6. The van der Waals surface area contributed by atoms with Gasteiger partial charge in [-0.2, -0.15) is 0 Å². The average Bonchev–Trinajstić information content (AvgIpc) is 2.52. The molecule has 0 radical (unpaired) electrons. The van der Waals surface area contributed by atoms with Crippen molar-refractivity contribution >= 4 is 5.97 Å². The third-order valence-electron chi connectivity index (χ3n) is 2.06. The quantitative estimate of drug-likeness (QED) is 0.742. The van der Waals surface area contributed by atoms with Crippen molar-refractivity contribution in [3.05, 3.63) is 64.5 Å². The van der Waals surface area contributed by atoms with Gasteiger partial charge in [-0.15, -0.1) is 0 Å². The predicted molar refractivity (Wildman–Crippen MR) is 63.4 cm³/mol. The first kappa shape index (κ1) is 6.39. The maximum absolute atomic E-state index is 12.0. The van der Waals surface area contributed by atoms with Gasteiger partial charge in [0, 0.05) is 18.0 Å². The Morgan fingerprint density at radius 1 is 1.29 bits per heavy atom. The lowest BCUT2D eigenvalue weighted by Crippen LogP contribution is -2.18. The first-order valence-corrected chi connectivity index (χ1v) is 4.68. The molecule has 0 unspecified atom stereocenters. The number of hydrogen-bond donors (Lipinski definition) is 0. The fraction of sp³-hybridized carbons (Fsp3) is 0.0769. The largest absolute Gasteiger partial charge is 0.465 e. The number of benzene rings is 1. The molecule has 17 heavy (non-hydrogen) atoms. The van der Waals surface area contributed by atoms with E-state index in [9.17, 15) is 9.59 Å². The minimum absolute atomic E-state index is 0.0221. The van der Waals surface area contributed by atoms with Crippen molar-refractivity contribution in [1.29, 1.82) is 0 Å². The van der Waals surface area contributed by atoms with Crippen LogP contribution in [0.4, 0.5) is 0 Å². The molecule has 1 heterocycles. The van der Waals surface area contributed by atoms with Gasteiger partial charge < -0.3 is 4.74 Å². The summed E-state index contributed by atoms with van der Waals surface area (Å²) >= 11 is 0. The first-order chi connectivity index (χ1) is 10.3. The molecule has 0 N–H and O–H groups in total. The third kappa shape index (κ3) is 2.25. The number of methoxy groups -OCH3 is 1. The summed E-state index contributed by atoms with van der Waals surface area (Å²) in [6.45, 7) is 0. The Labute approximate surface area is 105 Å². The summed E-state index contributed by atoms with van der Waals surface area (Å²) in [4.78, 5) is 23.5. The van der Waals surface area contributed by atoms with Gasteiger partial charge in [-0.05, 0) is 18.2 Å². The van der Waals surface area contributed by atoms with Crippen molar-refractivity contribution in [1.82, 2.24) is 4.57 Å². The highest BCUT2D eigenvalue weighted by molar-refractivity contribution is 5.88. The van der Waals surface area contributed by atoms with E-state index in [-0.39, 0.29) is 11.3 Å². The Bertz CT molecular complexity index is 802. The summed E-state index contributed by atoms with van der Waals surface area (Å²) in [5.41, 5.74) is -0.929. The van der Waals surface area contributed by atoms with Crippen molar-refractivity contribution in [3.63, 3.8) is 0 Å². The van der Waals surface area contributed by atoms with Crippen molar-refractivity contribution < 1.29 is 16.4 Å². The maximum atomic E-state index is 12.0. The summed E-state index contributed by atoms with van der Waals surface area (Å²) in [5.74, 6) is -0.707. The Morgan fingerprint density at radius 2 is 2.00 bits per heavy atom. The molecule has 0 aliphatic carbocycles. The Morgan fingerprint density at radius 3 is 2.65 bits per heavy atom. The average molecular weight is 234 g/mol. The van der Waals surface area contributed by atoms with Gasteiger partial charge in [0.25, 0.3) is 5.56 Å². The molecule has 0 saturated heterocycles. The second-order valence-electron chi connectivity index (χ2n) is 3.09. The summed E-state index contributed by atoms with van der Waals surface area (Å²) in [6, 6.07) is -0.452. The van der Waals surface area contributed by atoms with Gasteiger partial charge in [0.05, 0.1) is 19.5 Å². The minimum atomic E-state index is -0.707. The second-order valence-corrected chi connectivity index (χ2v) is 3.09. The molecule has 2 aromatic rings. The highest BCUT2D eigenvalue weighted by Gasteiger charge is 2.07. The van der Waals surface area contributed by atoms with Crippen LogP contribution >= 0.6 is 0 Å². The molecule has 0 bridgehead atoms. The van der Waals surface area contributed by atoms with Gasteiger partial charge >= 0.3 is 5.97 Å². The molecule has 0 atom stereocenters. The first-order valence-electron chi connectivity index (χ1n) is 7.18. The van der Waals surface area contributed by atoms with Crippen molar-refractivity contribution in [2.75, 3.05) is 7.11 Å². The Kier molecular flexibility index (Phi) is 1.75. The van der Waals surface area contributed by atoms with Crippen LogP contribution in [0.25, 0.3) is 5.69 Å². The SMILES string of the molecule is [2H]c1c([2H])c([2H])c(-n2cc(C(=O)OC)ccc2=O)c([2H])c1[2H]. The third-order valence-corrected chi connectivity index (χ3v) is 2.06. The Balaban J connectivity index is 2.83. The topological polar surface area (TPSA) is 48.3 Å². The zero-order valence-electron chi connectivity index (χ0n) is 13.9. The molecule has 4 nitrogen and oxygen atoms in total. The second kappa shape index (κ2) is 4.65. The molecular weight excluding hydrogens is 218 g/mol. The van der Waals surface area contributed by atoms with E-state index in [0.29, 0.717) is 0 Å². The van der Waals surface area contributed by atoms with Crippen LogP contribution in [-0.4, -0.2) is 17.6 Å². The van der Waals surface area contributed by atoms with Gasteiger partial charge in [-0.1, -0.05) is 18.1 Å². The number of para-hydroxylation sites is 1. The summed E-state index contributed by atoms with van der Waals surface area (Å²) in [7, 11) is 1.17. The van der Waals surface area contributed by atoms with E-state index in [1.54, 1.807) is 0 Å². The van der Waals surface area contributed by atoms with Crippen LogP contribution in [0.2, 0.25) is 0 Å². The van der Waals surface area contributed by atoms with Crippen LogP contribution in [0.15, 0.2) is 53.3 Å². The standard InChI is InChI=1S/C13H11NO3/c1-17-13(16)10-7-8-12(15)14(9-10)11-5-3-2-4-6-11/h2-9H,1H3/i2D,3D,4D,5D,6D. The van der Waals surface area contributed by atoms with Crippen LogP contribution in [0.3, 0.4) is 0 Å². The maximum Gasteiger partial charge on any atom is 0.339 e. The number of carbonyl (C=O) groups excluding carboxylic acids is 1. The molecule has 4 heteroatoms. The molecule has 1 aromatic carbocycles. The zero-order valence-corrected chi connectivity index (χ0v) is 8.90. The predicted octanol–water partition coefficient (Wildman–Crippen LogP) is 1.62. The molecule has 0 fully saturated rings. The van der Waals surface area contributed by atoms with Gasteiger partial charge in [0.15, 0.2) is 0 Å². The van der Waals surface area contributed by atoms with Crippen molar-refractivity contribution in [2.45, 2.75) is 0 Å². The molecular formula is C13H11NO3. The smallest absolute Gasteiger partial charge is 0.339 e. The van der Waals surface area contributed by atoms with E-state index in [1.807, 2.05) is 0 Å². The number of nitrogens with zero attached hydrogens (tertiary/aromatic N) is 1. The number of rotatable bonds is 2. The van der Waals surface area contributed by atoms with Crippen molar-refractivity contribution in [3.8, 4) is 5.69 Å². The van der Waals surface area contributed by atoms with E-state index in [0.717, 1.165) is 16.8 Å². The van der Waals surface area contributed by atoms with Gasteiger partial charge in [-0.3, -0.25) is 9.36 Å². The van der Waals surface area contributed by atoms with Crippen LogP contribution in [0, 0.1) is 0 Å². The highest BCUT2D eigenvalue weighted by atomic mass is 16.5. The van der Waals surface area contributed by atoms with Gasteiger partial charge in [-0.25, -0.2) is 4.79 Å². The van der Waals surface area contributed by atoms with Crippen LogP contribution in [0.1, 0.15) is 17.2 Å². The van der Waals surface area contributed by atoms with E-state index in [4.69, 9.17) is 6.85 Å². The lowest BCUT2D eigenvalue weighted by molar-refractivity contribution is 0.0600. The summed E-state index contributed by atoms with van der Waals surface area (Å²) in [6.07, 6.45) is 1.09. The fourth-order valence-electron chi connectivity index (χ4n) is 1.26. The number of hydrogen-bond acceptors (Lipinski definition) is 3. The fourth-order valence-corrected chi connectivity index (χ4v) is 1.26. The number of pyridine rings is 1.